The standard InChI is InChI=1S/C21H19BrN4O4/c1-30-12-4-11-25-20(15-5-2-3-6-16(15)26(28)29)17-18(23-24-19(17)21(25)27)13-7-9-14(22)10-8-13/h2-3,5-10,20H,4,11-12H2,1H3,(H,23,24). The number of halogens is 1. The van der Waals surface area contributed by atoms with E-state index in [2.05, 4.69) is 26.1 Å². The number of nitro benzene ring substituents is 1. The fourth-order valence-electron chi connectivity index (χ4n) is 3.84. The van der Waals surface area contributed by atoms with Crippen LogP contribution in [0.2, 0.25) is 0 Å². The molecule has 30 heavy (non-hydrogen) atoms. The molecule has 0 spiro atoms. The Kier molecular flexibility index (Phi) is 5.65. The zero-order chi connectivity index (χ0) is 21.3. The molecular formula is C21H19BrN4O4. The quantitative estimate of drug-likeness (QED) is 0.314. The summed E-state index contributed by atoms with van der Waals surface area (Å²) in [6.07, 6.45) is 0.616. The number of fused-ring (bicyclic) bond motifs is 1. The van der Waals surface area contributed by atoms with Gasteiger partial charge in [-0.2, -0.15) is 5.10 Å². The topological polar surface area (TPSA) is 101 Å². The van der Waals surface area contributed by atoms with Gasteiger partial charge in [0.15, 0.2) is 0 Å². The summed E-state index contributed by atoms with van der Waals surface area (Å²) in [5.74, 6) is -0.222. The number of para-hydroxylation sites is 1. The third kappa shape index (κ3) is 3.50. The van der Waals surface area contributed by atoms with E-state index in [0.29, 0.717) is 42.1 Å². The lowest BCUT2D eigenvalue weighted by atomic mass is 9.95. The highest BCUT2D eigenvalue weighted by atomic mass is 79.9. The minimum Gasteiger partial charge on any atom is -0.385 e. The number of methoxy groups -OCH3 is 1. The van der Waals surface area contributed by atoms with Crippen molar-refractivity contribution in [3.8, 4) is 11.3 Å². The number of H-pyrrole nitrogens is 1. The molecule has 4 rings (SSSR count). The Hall–Kier alpha value is -3.04. The van der Waals surface area contributed by atoms with Gasteiger partial charge in [0, 0.05) is 41.9 Å². The Balaban J connectivity index is 1.87. The summed E-state index contributed by atoms with van der Waals surface area (Å²) in [5, 5.41) is 19.0. The van der Waals surface area contributed by atoms with E-state index in [1.807, 2.05) is 24.3 Å². The Morgan fingerprint density at radius 2 is 1.97 bits per heavy atom. The van der Waals surface area contributed by atoms with Gasteiger partial charge in [0.05, 0.1) is 22.2 Å². The van der Waals surface area contributed by atoms with Crippen molar-refractivity contribution in [2.45, 2.75) is 12.5 Å². The van der Waals surface area contributed by atoms with Crippen LogP contribution in [-0.2, 0) is 4.74 Å². The summed E-state index contributed by atoms with van der Waals surface area (Å²) in [4.78, 5) is 26.2. The summed E-state index contributed by atoms with van der Waals surface area (Å²) in [6.45, 7) is 0.894. The van der Waals surface area contributed by atoms with E-state index in [9.17, 15) is 14.9 Å². The lowest BCUT2D eigenvalue weighted by Gasteiger charge is -2.26. The van der Waals surface area contributed by atoms with Gasteiger partial charge in [-0.15, -0.1) is 0 Å². The molecule has 1 aliphatic rings. The van der Waals surface area contributed by atoms with Crippen LogP contribution in [0.15, 0.2) is 53.0 Å². The van der Waals surface area contributed by atoms with Gasteiger partial charge in [0.1, 0.15) is 5.69 Å². The average Bonchev–Trinajstić information content (AvgIpc) is 3.28. The van der Waals surface area contributed by atoms with E-state index < -0.39 is 11.0 Å². The number of carbonyl (C=O) groups is 1. The molecule has 0 aliphatic carbocycles. The maximum absolute atomic E-state index is 13.2. The van der Waals surface area contributed by atoms with Crippen LogP contribution in [0.3, 0.4) is 0 Å². The van der Waals surface area contributed by atoms with Crippen molar-refractivity contribution in [3.05, 3.63) is 79.9 Å². The third-order valence-corrected chi connectivity index (χ3v) is 5.69. The monoisotopic (exact) mass is 470 g/mol. The number of ether oxygens (including phenoxy) is 1. The molecule has 0 saturated heterocycles. The van der Waals surface area contributed by atoms with Crippen molar-refractivity contribution in [1.82, 2.24) is 15.1 Å². The molecule has 8 nitrogen and oxygen atoms in total. The zero-order valence-electron chi connectivity index (χ0n) is 16.2. The summed E-state index contributed by atoms with van der Waals surface area (Å²) >= 11 is 3.42. The van der Waals surface area contributed by atoms with Crippen molar-refractivity contribution in [2.75, 3.05) is 20.3 Å². The average molecular weight is 471 g/mol. The van der Waals surface area contributed by atoms with Gasteiger partial charge < -0.3 is 9.64 Å². The van der Waals surface area contributed by atoms with Crippen LogP contribution in [-0.4, -0.2) is 46.2 Å². The van der Waals surface area contributed by atoms with E-state index in [1.54, 1.807) is 30.2 Å². The Morgan fingerprint density at radius 1 is 1.23 bits per heavy atom. The number of nitro groups is 1. The van der Waals surface area contributed by atoms with Gasteiger partial charge in [-0.25, -0.2) is 0 Å². The highest BCUT2D eigenvalue weighted by molar-refractivity contribution is 9.10. The van der Waals surface area contributed by atoms with Gasteiger partial charge in [0.25, 0.3) is 11.6 Å². The summed E-state index contributed by atoms with van der Waals surface area (Å²) in [6, 6.07) is 13.5. The van der Waals surface area contributed by atoms with Crippen LogP contribution in [0, 0.1) is 10.1 Å². The fraction of sp³-hybridized carbons (Fsp3) is 0.238. The maximum atomic E-state index is 13.2. The molecule has 0 bridgehead atoms. The molecule has 2 aromatic carbocycles. The van der Waals surface area contributed by atoms with Crippen LogP contribution in [0.1, 0.15) is 34.1 Å². The highest BCUT2D eigenvalue weighted by Crippen LogP contribution is 2.45. The molecule has 0 fully saturated rings. The highest BCUT2D eigenvalue weighted by Gasteiger charge is 2.44. The minimum atomic E-state index is -0.608. The predicted octanol–water partition coefficient (Wildman–Crippen LogP) is 4.33. The number of amides is 1. The number of rotatable bonds is 7. The van der Waals surface area contributed by atoms with Crippen LogP contribution in [0.25, 0.3) is 11.3 Å². The molecule has 1 aliphatic heterocycles. The second-order valence-corrected chi connectivity index (χ2v) is 7.85. The minimum absolute atomic E-state index is 0.0251. The Morgan fingerprint density at radius 3 is 2.67 bits per heavy atom. The SMILES string of the molecule is COCCCN1C(=O)c2[nH]nc(-c3ccc(Br)cc3)c2C1c1ccccc1[N+](=O)[O-]. The third-order valence-electron chi connectivity index (χ3n) is 5.16. The molecule has 1 aromatic heterocycles. The number of nitrogens with zero attached hydrogens (tertiary/aromatic N) is 3. The van der Waals surface area contributed by atoms with Gasteiger partial charge >= 0.3 is 0 Å². The summed E-state index contributed by atoms with van der Waals surface area (Å²) in [5.41, 5.74) is 2.91. The molecule has 3 aromatic rings. The number of hydrogen-bond acceptors (Lipinski definition) is 5. The van der Waals surface area contributed by atoms with Gasteiger partial charge in [-0.3, -0.25) is 20.0 Å². The summed E-state index contributed by atoms with van der Waals surface area (Å²) < 4.78 is 6.05. The van der Waals surface area contributed by atoms with Crippen molar-refractivity contribution < 1.29 is 14.5 Å². The fourth-order valence-corrected chi connectivity index (χ4v) is 4.11. The lowest BCUT2D eigenvalue weighted by Crippen LogP contribution is -2.31. The number of aromatic nitrogens is 2. The largest absolute Gasteiger partial charge is 0.385 e. The van der Waals surface area contributed by atoms with Crippen LogP contribution < -0.4 is 0 Å². The number of carbonyl (C=O) groups excluding carboxylic acids is 1. The van der Waals surface area contributed by atoms with Crippen molar-refractivity contribution in [1.29, 1.82) is 0 Å². The first-order chi connectivity index (χ1) is 14.5. The smallest absolute Gasteiger partial charge is 0.275 e. The van der Waals surface area contributed by atoms with Crippen LogP contribution in [0.5, 0.6) is 0 Å². The van der Waals surface area contributed by atoms with Crippen molar-refractivity contribution in [2.24, 2.45) is 0 Å². The van der Waals surface area contributed by atoms with Crippen molar-refractivity contribution >= 4 is 27.5 Å². The molecule has 1 amide bonds. The molecule has 1 unspecified atom stereocenters. The van der Waals surface area contributed by atoms with Crippen LogP contribution in [0.4, 0.5) is 5.69 Å². The zero-order valence-corrected chi connectivity index (χ0v) is 17.8. The van der Waals surface area contributed by atoms with Crippen molar-refractivity contribution in [3.63, 3.8) is 0 Å². The normalized spacial score (nSPS) is 15.5. The van der Waals surface area contributed by atoms with E-state index >= 15 is 0 Å². The number of benzene rings is 2. The van der Waals surface area contributed by atoms with E-state index in [4.69, 9.17) is 4.74 Å². The Labute approximate surface area is 181 Å². The molecule has 2 heterocycles. The second-order valence-electron chi connectivity index (χ2n) is 6.93. The lowest BCUT2D eigenvalue weighted by molar-refractivity contribution is -0.385. The number of hydrogen-bond donors (Lipinski definition) is 1. The maximum Gasteiger partial charge on any atom is 0.275 e. The molecule has 0 radical (unpaired) electrons. The first-order valence-electron chi connectivity index (χ1n) is 9.40. The molecule has 154 valence electrons. The number of aromatic amines is 1. The Bertz CT molecular complexity index is 1100. The molecular weight excluding hydrogens is 452 g/mol. The van der Waals surface area contributed by atoms with E-state index in [0.717, 1.165) is 10.0 Å². The van der Waals surface area contributed by atoms with E-state index in [1.165, 1.54) is 6.07 Å². The van der Waals surface area contributed by atoms with Gasteiger partial charge in [-0.05, 0) is 24.6 Å². The summed E-state index contributed by atoms with van der Waals surface area (Å²) in [7, 11) is 1.60. The predicted molar refractivity (Wildman–Crippen MR) is 114 cm³/mol. The molecule has 9 heteroatoms. The first-order valence-corrected chi connectivity index (χ1v) is 10.2. The molecule has 1 N–H and O–H groups in total. The molecule has 0 saturated carbocycles. The van der Waals surface area contributed by atoms with E-state index in [-0.39, 0.29) is 11.6 Å². The first kappa shape index (κ1) is 20.2. The number of nitrogens with one attached hydrogen (secondary N) is 1. The van der Waals surface area contributed by atoms with Crippen LogP contribution >= 0.6 is 15.9 Å². The van der Waals surface area contributed by atoms with Gasteiger partial charge in [0.2, 0.25) is 0 Å². The van der Waals surface area contributed by atoms with Gasteiger partial charge in [-0.1, -0.05) is 40.2 Å². The second kappa shape index (κ2) is 8.37. The molecule has 1 atom stereocenters.